The van der Waals surface area contributed by atoms with Gasteiger partial charge in [-0.15, -0.1) is 0 Å². The van der Waals surface area contributed by atoms with Gasteiger partial charge in [0, 0.05) is 56.2 Å². The van der Waals surface area contributed by atoms with E-state index in [-0.39, 0.29) is 0 Å². The van der Waals surface area contributed by atoms with Crippen molar-refractivity contribution in [2.75, 3.05) is 0 Å². The van der Waals surface area contributed by atoms with Gasteiger partial charge in [0.2, 0.25) is 0 Å². The molecular weight excluding hydrogens is 546 g/mol. The third-order valence-corrected chi connectivity index (χ3v) is 10.6. The number of allylic oxidation sites excluding steroid dienone is 12. The Morgan fingerprint density at radius 3 is 2.49 bits per heavy atom. The number of hydrogen-bond donors (Lipinski definition) is 1. The molecule has 0 spiro atoms. The molecule has 224 valence electrons. The van der Waals surface area contributed by atoms with Gasteiger partial charge in [-0.2, -0.15) is 0 Å². The number of benzene rings is 1. The molecule has 0 saturated heterocycles. The monoisotopic (exact) mass is 587 g/mol. The Hall–Kier alpha value is -4.50. The lowest BCUT2D eigenvalue weighted by molar-refractivity contribution is 0.503. The molecular formula is C42H41N3. The second-order valence-electron chi connectivity index (χ2n) is 13.3. The standard InChI is InChI=1S/C42H41N3/c1-4-12-31(13-5-1)44(32-14-6-2-7-15-32)34-22-23-35-37-26-29(20-24-39(37)43-40(35)28-34)30-21-25-42-38(27-30)36-18-10-11-19-41(36)45(42)33-16-8-3-9-17-33/h1,3-4,6,8-9,12,14-19,22-23,26-28,35,40,43H,2,5,7,10-11,13,20-21,24-25H2. The van der Waals surface area contributed by atoms with Crippen molar-refractivity contribution in [3.8, 4) is 5.69 Å². The zero-order valence-corrected chi connectivity index (χ0v) is 26.0. The van der Waals surface area contributed by atoms with Gasteiger partial charge in [0.05, 0.1) is 6.04 Å². The van der Waals surface area contributed by atoms with E-state index in [0.29, 0.717) is 12.0 Å². The highest BCUT2D eigenvalue weighted by Gasteiger charge is 2.36. The average Bonchev–Trinajstić information content (AvgIpc) is 3.64. The molecule has 9 rings (SSSR count). The lowest BCUT2D eigenvalue weighted by Gasteiger charge is -2.34. The van der Waals surface area contributed by atoms with Crippen LogP contribution < -0.4 is 15.9 Å². The second-order valence-corrected chi connectivity index (χ2v) is 13.3. The third kappa shape index (κ3) is 4.63. The first kappa shape index (κ1) is 26.9. The molecule has 1 N–H and O–H groups in total. The molecule has 0 fully saturated rings. The molecule has 1 aromatic heterocycles. The third-order valence-electron chi connectivity index (χ3n) is 10.6. The Morgan fingerprint density at radius 1 is 0.756 bits per heavy atom. The first-order chi connectivity index (χ1) is 22.3. The van der Waals surface area contributed by atoms with Crippen LogP contribution in [0.1, 0.15) is 69.0 Å². The minimum Gasteiger partial charge on any atom is -0.381 e. The molecule has 2 atom stereocenters. The van der Waals surface area contributed by atoms with Gasteiger partial charge >= 0.3 is 0 Å². The smallest absolute Gasteiger partial charge is 0.0568 e. The fourth-order valence-corrected chi connectivity index (χ4v) is 8.50. The zero-order chi connectivity index (χ0) is 29.7. The molecule has 0 saturated carbocycles. The molecule has 2 aromatic rings. The number of para-hydroxylation sites is 1. The van der Waals surface area contributed by atoms with E-state index in [1.807, 2.05) is 0 Å². The van der Waals surface area contributed by atoms with E-state index in [0.717, 1.165) is 64.2 Å². The van der Waals surface area contributed by atoms with Gasteiger partial charge in [-0.1, -0.05) is 66.8 Å². The Bertz CT molecular complexity index is 1980. The lowest BCUT2D eigenvalue weighted by Crippen LogP contribution is -2.31. The molecule has 7 aliphatic rings. The predicted octanol–water partition coefficient (Wildman–Crippen LogP) is 7.95. The normalized spacial score (nSPS) is 24.4. The van der Waals surface area contributed by atoms with Crippen molar-refractivity contribution in [3.63, 3.8) is 0 Å². The van der Waals surface area contributed by atoms with E-state index in [1.165, 1.54) is 55.9 Å². The van der Waals surface area contributed by atoms with E-state index in [9.17, 15) is 0 Å². The van der Waals surface area contributed by atoms with E-state index in [1.54, 1.807) is 11.1 Å². The highest BCUT2D eigenvalue weighted by molar-refractivity contribution is 5.68. The maximum absolute atomic E-state index is 3.96. The summed E-state index contributed by atoms with van der Waals surface area (Å²) in [5, 5.41) is 6.80. The fourth-order valence-electron chi connectivity index (χ4n) is 8.50. The van der Waals surface area contributed by atoms with Crippen LogP contribution in [-0.2, 0) is 6.42 Å². The fraction of sp³-hybridized carbons (Fsp3) is 0.286. The minimum atomic E-state index is 0.310. The summed E-state index contributed by atoms with van der Waals surface area (Å²) < 4.78 is 2.54. The number of rotatable bonds is 5. The lowest BCUT2D eigenvalue weighted by atomic mass is 9.82. The summed E-state index contributed by atoms with van der Waals surface area (Å²) >= 11 is 0. The molecule has 1 aromatic carbocycles. The summed E-state index contributed by atoms with van der Waals surface area (Å²) in [5.41, 5.74) is 14.3. The van der Waals surface area contributed by atoms with Crippen LogP contribution in [0.5, 0.6) is 0 Å². The summed E-state index contributed by atoms with van der Waals surface area (Å²) in [6.07, 6.45) is 42.4. The van der Waals surface area contributed by atoms with Crippen molar-refractivity contribution >= 4 is 18.2 Å². The maximum Gasteiger partial charge on any atom is 0.0568 e. The molecule has 6 aliphatic carbocycles. The van der Waals surface area contributed by atoms with Crippen molar-refractivity contribution in [1.82, 2.24) is 14.8 Å². The number of aromatic nitrogens is 1. The van der Waals surface area contributed by atoms with E-state index in [2.05, 4.69) is 124 Å². The molecule has 0 radical (unpaired) electrons. The second kappa shape index (κ2) is 11.1. The van der Waals surface area contributed by atoms with Crippen LogP contribution in [0.15, 0.2) is 131 Å². The summed E-state index contributed by atoms with van der Waals surface area (Å²) in [6.45, 7) is 0. The van der Waals surface area contributed by atoms with Crippen LogP contribution in [-0.4, -0.2) is 15.5 Å². The molecule has 45 heavy (non-hydrogen) atoms. The minimum absolute atomic E-state index is 0.310. The van der Waals surface area contributed by atoms with Crippen molar-refractivity contribution in [3.05, 3.63) is 152 Å². The molecule has 3 heteroatoms. The first-order valence-electron chi connectivity index (χ1n) is 17.1. The summed E-state index contributed by atoms with van der Waals surface area (Å²) in [7, 11) is 0. The van der Waals surface area contributed by atoms with Crippen LogP contribution >= 0.6 is 0 Å². The van der Waals surface area contributed by atoms with Crippen molar-refractivity contribution in [1.29, 1.82) is 0 Å². The van der Waals surface area contributed by atoms with E-state index in [4.69, 9.17) is 0 Å². The quantitative estimate of drug-likeness (QED) is 0.383. The topological polar surface area (TPSA) is 20.2 Å². The van der Waals surface area contributed by atoms with Gasteiger partial charge in [0.1, 0.15) is 0 Å². The summed E-state index contributed by atoms with van der Waals surface area (Å²) in [6, 6.07) is 11.3. The maximum atomic E-state index is 3.96. The largest absolute Gasteiger partial charge is 0.381 e. The van der Waals surface area contributed by atoms with E-state index < -0.39 is 0 Å². The first-order valence-corrected chi connectivity index (χ1v) is 17.1. The molecule has 0 amide bonds. The number of hydrogen-bond acceptors (Lipinski definition) is 2. The van der Waals surface area contributed by atoms with Crippen LogP contribution in [0, 0.1) is 5.92 Å². The number of nitrogens with one attached hydrogen (secondary N) is 1. The highest BCUT2D eigenvalue weighted by Crippen LogP contribution is 2.43. The van der Waals surface area contributed by atoms with Gasteiger partial charge in [0.25, 0.3) is 0 Å². The molecule has 1 aliphatic heterocycles. The zero-order valence-electron chi connectivity index (χ0n) is 26.0. The predicted molar refractivity (Wildman–Crippen MR) is 186 cm³/mol. The molecule has 3 nitrogen and oxygen atoms in total. The summed E-state index contributed by atoms with van der Waals surface area (Å²) in [4.78, 5) is 2.51. The Morgan fingerprint density at radius 2 is 1.62 bits per heavy atom. The van der Waals surface area contributed by atoms with Gasteiger partial charge in [-0.3, -0.25) is 0 Å². The Labute approximate surface area is 266 Å². The summed E-state index contributed by atoms with van der Waals surface area (Å²) in [5.74, 6) is 0.395. The van der Waals surface area contributed by atoms with Crippen LogP contribution in [0.4, 0.5) is 0 Å². The average molecular weight is 588 g/mol. The molecule has 2 unspecified atom stereocenters. The molecule has 2 heterocycles. The molecule has 0 bridgehead atoms. The van der Waals surface area contributed by atoms with Gasteiger partial charge in [-0.25, -0.2) is 0 Å². The number of nitrogens with zero attached hydrogens (tertiary/aromatic N) is 2. The Balaban J connectivity index is 1.03. The SMILES string of the molecule is C1=CCCC(N(C2=CCCC=C2)C2=CC3NC4=C(C=C(C5=Cc6c(n(-c7ccccc7)c7c6=CCCC=7)CC5)CC4)C3C=C2)=C1. The van der Waals surface area contributed by atoms with Crippen molar-refractivity contribution < 1.29 is 0 Å². The Kier molecular flexibility index (Phi) is 6.65. The number of fused-ring (bicyclic) bond motifs is 5. The van der Waals surface area contributed by atoms with Gasteiger partial charge < -0.3 is 14.8 Å². The van der Waals surface area contributed by atoms with Crippen LogP contribution in [0.2, 0.25) is 0 Å². The van der Waals surface area contributed by atoms with E-state index >= 15 is 0 Å². The van der Waals surface area contributed by atoms with Crippen molar-refractivity contribution in [2.24, 2.45) is 5.92 Å². The van der Waals surface area contributed by atoms with Crippen LogP contribution in [0.3, 0.4) is 0 Å². The highest BCUT2D eigenvalue weighted by atomic mass is 15.2. The van der Waals surface area contributed by atoms with Crippen molar-refractivity contribution in [2.45, 2.75) is 70.3 Å². The van der Waals surface area contributed by atoms with Crippen LogP contribution in [0.25, 0.3) is 23.9 Å². The van der Waals surface area contributed by atoms with Gasteiger partial charge in [0.15, 0.2) is 0 Å². The van der Waals surface area contributed by atoms with Gasteiger partial charge in [-0.05, 0) is 123 Å².